The molecule has 2 aromatic rings. The summed E-state index contributed by atoms with van der Waals surface area (Å²) in [6.07, 6.45) is 1.46. The summed E-state index contributed by atoms with van der Waals surface area (Å²) in [5.41, 5.74) is 1.15. The van der Waals surface area contributed by atoms with Gasteiger partial charge in [0.05, 0.1) is 13.0 Å². The number of carbonyl (C=O) groups is 2. The Bertz CT molecular complexity index is 653. The van der Waals surface area contributed by atoms with Gasteiger partial charge >= 0.3 is 12.0 Å². The molecule has 0 unspecified atom stereocenters. The van der Waals surface area contributed by atoms with Gasteiger partial charge in [0.1, 0.15) is 6.33 Å². The lowest BCUT2D eigenvalue weighted by Gasteiger charge is -2.07. The molecule has 0 aliphatic rings. The third kappa shape index (κ3) is 4.60. The highest BCUT2D eigenvalue weighted by molar-refractivity contribution is 5.89. The van der Waals surface area contributed by atoms with Crippen LogP contribution < -0.4 is 10.6 Å². The maximum Gasteiger partial charge on any atom is 0.319 e. The number of carbonyl (C=O) groups excluding carboxylic acids is 1. The third-order valence-corrected chi connectivity index (χ3v) is 2.59. The van der Waals surface area contributed by atoms with Gasteiger partial charge in [-0.05, 0) is 17.7 Å². The minimum atomic E-state index is -0.919. The van der Waals surface area contributed by atoms with Crippen molar-refractivity contribution in [1.29, 1.82) is 0 Å². The second-order valence-corrected chi connectivity index (χ2v) is 4.41. The summed E-state index contributed by atoms with van der Waals surface area (Å²) >= 11 is 0. The Morgan fingerprint density at radius 2 is 2.19 bits per heavy atom. The van der Waals surface area contributed by atoms with Crippen molar-refractivity contribution < 1.29 is 14.7 Å². The Morgan fingerprint density at radius 3 is 2.86 bits per heavy atom. The molecule has 0 radical (unpaired) electrons. The van der Waals surface area contributed by atoms with E-state index in [9.17, 15) is 9.59 Å². The lowest BCUT2D eigenvalue weighted by Crippen LogP contribution is -2.28. The van der Waals surface area contributed by atoms with Gasteiger partial charge in [-0.1, -0.05) is 12.1 Å². The van der Waals surface area contributed by atoms with Gasteiger partial charge in [0.25, 0.3) is 0 Å². The predicted octanol–water partition coefficient (Wildman–Crippen LogP) is 0.764. The maximum absolute atomic E-state index is 11.7. The first-order valence-corrected chi connectivity index (χ1v) is 6.23. The number of carboxylic acids is 1. The Kier molecular flexibility index (Phi) is 4.50. The summed E-state index contributed by atoms with van der Waals surface area (Å²) in [4.78, 5) is 26.4. The molecule has 1 aromatic carbocycles. The Balaban J connectivity index is 1.88. The van der Waals surface area contributed by atoms with Gasteiger partial charge in [-0.3, -0.25) is 9.48 Å². The molecule has 0 aliphatic heterocycles. The third-order valence-electron chi connectivity index (χ3n) is 2.59. The van der Waals surface area contributed by atoms with Crippen LogP contribution in [0.3, 0.4) is 0 Å². The van der Waals surface area contributed by atoms with Gasteiger partial charge in [-0.15, -0.1) is 0 Å². The van der Waals surface area contributed by atoms with Crippen LogP contribution in [0.15, 0.2) is 30.6 Å². The first-order valence-electron chi connectivity index (χ1n) is 6.23. The van der Waals surface area contributed by atoms with Gasteiger partial charge in [0, 0.05) is 12.7 Å². The quantitative estimate of drug-likeness (QED) is 0.753. The fraction of sp³-hybridized carbons (Fsp3) is 0.231. The van der Waals surface area contributed by atoms with Crippen LogP contribution in [-0.4, -0.2) is 31.9 Å². The standard InChI is InChI=1S/C13H15N5O3/c1-18-8-15-11(17-18)7-14-13(21)16-10-4-2-3-9(5-10)6-12(19)20/h2-5,8H,6-7H2,1H3,(H,19,20)(H2,14,16,21). The molecule has 110 valence electrons. The van der Waals surface area contributed by atoms with Crippen molar-refractivity contribution in [3.05, 3.63) is 42.0 Å². The largest absolute Gasteiger partial charge is 0.481 e. The smallest absolute Gasteiger partial charge is 0.319 e. The van der Waals surface area contributed by atoms with E-state index in [2.05, 4.69) is 20.7 Å². The van der Waals surface area contributed by atoms with Gasteiger partial charge in [-0.2, -0.15) is 5.10 Å². The van der Waals surface area contributed by atoms with Crippen LogP contribution in [0, 0.1) is 0 Å². The van der Waals surface area contributed by atoms with Crippen LogP contribution in [0.25, 0.3) is 0 Å². The summed E-state index contributed by atoms with van der Waals surface area (Å²) in [5, 5.41) is 18.0. The molecule has 0 bridgehead atoms. The van der Waals surface area contributed by atoms with Crippen LogP contribution in [-0.2, 0) is 24.8 Å². The number of carboxylic acid groups (broad SMARTS) is 1. The second kappa shape index (κ2) is 6.51. The molecule has 1 aromatic heterocycles. The van der Waals surface area contributed by atoms with E-state index in [1.807, 2.05) is 0 Å². The molecule has 1 heterocycles. The van der Waals surface area contributed by atoms with E-state index in [0.717, 1.165) is 0 Å². The molecule has 3 N–H and O–H groups in total. The summed E-state index contributed by atoms with van der Waals surface area (Å²) in [6, 6.07) is 6.27. The average Bonchev–Trinajstić information content (AvgIpc) is 2.82. The van der Waals surface area contributed by atoms with Crippen LogP contribution >= 0.6 is 0 Å². The molecule has 8 heteroatoms. The molecule has 0 saturated carbocycles. The normalized spacial score (nSPS) is 10.1. The molecule has 0 fully saturated rings. The highest BCUT2D eigenvalue weighted by atomic mass is 16.4. The summed E-state index contributed by atoms with van der Waals surface area (Å²) < 4.78 is 1.55. The summed E-state index contributed by atoms with van der Waals surface area (Å²) in [5.74, 6) is -0.412. The molecular weight excluding hydrogens is 274 g/mol. The van der Waals surface area contributed by atoms with Crippen molar-refractivity contribution in [2.45, 2.75) is 13.0 Å². The highest BCUT2D eigenvalue weighted by Gasteiger charge is 2.06. The van der Waals surface area contributed by atoms with E-state index < -0.39 is 12.0 Å². The van der Waals surface area contributed by atoms with E-state index >= 15 is 0 Å². The topological polar surface area (TPSA) is 109 Å². The lowest BCUT2D eigenvalue weighted by atomic mass is 10.1. The number of nitrogens with one attached hydrogen (secondary N) is 2. The number of urea groups is 1. The number of aliphatic carboxylic acids is 1. The maximum atomic E-state index is 11.7. The number of nitrogens with zero attached hydrogens (tertiary/aromatic N) is 3. The SMILES string of the molecule is Cn1cnc(CNC(=O)Nc2cccc(CC(=O)O)c2)n1. The minimum absolute atomic E-state index is 0.0883. The zero-order chi connectivity index (χ0) is 15.2. The second-order valence-electron chi connectivity index (χ2n) is 4.41. The molecule has 0 saturated heterocycles. The number of benzene rings is 1. The molecule has 2 amide bonds. The average molecular weight is 289 g/mol. The minimum Gasteiger partial charge on any atom is -0.481 e. The Labute approximate surface area is 120 Å². The van der Waals surface area contributed by atoms with Gasteiger partial charge in [0.15, 0.2) is 5.82 Å². The molecule has 0 aliphatic carbocycles. The zero-order valence-electron chi connectivity index (χ0n) is 11.4. The van der Waals surface area contributed by atoms with Crippen molar-refractivity contribution >= 4 is 17.7 Å². The number of anilines is 1. The van der Waals surface area contributed by atoms with Crippen LogP contribution in [0.2, 0.25) is 0 Å². The summed E-state index contributed by atoms with van der Waals surface area (Å²) in [7, 11) is 1.74. The first kappa shape index (κ1) is 14.5. The number of rotatable bonds is 5. The lowest BCUT2D eigenvalue weighted by molar-refractivity contribution is -0.136. The fourth-order valence-corrected chi connectivity index (χ4v) is 1.73. The van der Waals surface area contributed by atoms with Crippen LogP contribution in [0.5, 0.6) is 0 Å². The Hall–Kier alpha value is -2.90. The molecule has 0 atom stereocenters. The van der Waals surface area contributed by atoms with E-state index in [1.54, 1.807) is 42.3 Å². The molecule has 2 rings (SSSR count). The molecule has 21 heavy (non-hydrogen) atoms. The van der Waals surface area contributed by atoms with E-state index in [0.29, 0.717) is 17.1 Å². The number of aryl methyl sites for hydroxylation is 1. The van der Waals surface area contributed by atoms with Gasteiger partial charge in [-0.25, -0.2) is 9.78 Å². The van der Waals surface area contributed by atoms with Crippen molar-refractivity contribution in [2.75, 3.05) is 5.32 Å². The summed E-state index contributed by atoms with van der Waals surface area (Å²) in [6.45, 7) is 0.210. The van der Waals surface area contributed by atoms with Gasteiger partial charge in [0.2, 0.25) is 0 Å². The Morgan fingerprint density at radius 1 is 1.38 bits per heavy atom. The number of hydrogen-bond donors (Lipinski definition) is 3. The predicted molar refractivity (Wildman–Crippen MR) is 74.6 cm³/mol. The van der Waals surface area contributed by atoms with E-state index in [1.165, 1.54) is 0 Å². The van der Waals surface area contributed by atoms with Crippen molar-refractivity contribution in [3.63, 3.8) is 0 Å². The van der Waals surface area contributed by atoms with Crippen molar-refractivity contribution in [2.24, 2.45) is 7.05 Å². The monoisotopic (exact) mass is 289 g/mol. The fourth-order valence-electron chi connectivity index (χ4n) is 1.73. The zero-order valence-corrected chi connectivity index (χ0v) is 11.4. The van der Waals surface area contributed by atoms with Crippen LogP contribution in [0.4, 0.5) is 10.5 Å². The van der Waals surface area contributed by atoms with Gasteiger partial charge < -0.3 is 15.7 Å². The van der Waals surface area contributed by atoms with Crippen molar-refractivity contribution in [3.8, 4) is 0 Å². The first-order chi connectivity index (χ1) is 10.0. The highest BCUT2D eigenvalue weighted by Crippen LogP contribution is 2.11. The van der Waals surface area contributed by atoms with Crippen molar-refractivity contribution in [1.82, 2.24) is 20.1 Å². The van der Waals surface area contributed by atoms with Crippen LogP contribution in [0.1, 0.15) is 11.4 Å². The number of aromatic nitrogens is 3. The van der Waals surface area contributed by atoms with E-state index in [4.69, 9.17) is 5.11 Å². The number of amides is 2. The molecule has 8 nitrogen and oxygen atoms in total. The van der Waals surface area contributed by atoms with E-state index in [-0.39, 0.29) is 13.0 Å². The number of hydrogen-bond acceptors (Lipinski definition) is 4. The molecular formula is C13H15N5O3. The molecule has 0 spiro atoms.